The molecule has 1 N–H and O–H groups in total. The molecule has 6 nitrogen and oxygen atoms in total. The highest BCUT2D eigenvalue weighted by Gasteiger charge is 2.33. The first kappa shape index (κ1) is 14.3. The van der Waals surface area contributed by atoms with Gasteiger partial charge < -0.3 is 14.6 Å². The number of morpholine rings is 1. The van der Waals surface area contributed by atoms with Crippen LogP contribution in [-0.4, -0.2) is 47.8 Å². The lowest BCUT2D eigenvalue weighted by Gasteiger charge is -2.26. The van der Waals surface area contributed by atoms with Crippen molar-refractivity contribution in [2.24, 2.45) is 0 Å². The van der Waals surface area contributed by atoms with Crippen molar-refractivity contribution in [3.8, 4) is 0 Å². The number of nitrogens with zero attached hydrogens (tertiary/aromatic N) is 3. The van der Waals surface area contributed by atoms with Gasteiger partial charge in [0.05, 0.1) is 24.2 Å². The van der Waals surface area contributed by atoms with Gasteiger partial charge in [-0.25, -0.2) is 4.98 Å². The molecule has 1 amide bonds. The third-order valence-electron chi connectivity index (χ3n) is 3.91. The average molecular weight is 309 g/mol. The number of amides is 1. The average Bonchev–Trinajstić information content (AvgIpc) is 3.06. The summed E-state index contributed by atoms with van der Waals surface area (Å²) in [7, 11) is 0. The summed E-state index contributed by atoms with van der Waals surface area (Å²) in [6.07, 6.45) is 0. The van der Waals surface area contributed by atoms with Crippen molar-refractivity contribution in [1.29, 1.82) is 0 Å². The van der Waals surface area contributed by atoms with Gasteiger partial charge in [-0.2, -0.15) is 0 Å². The number of nitrogens with one attached hydrogen (secondary N) is 1. The van der Waals surface area contributed by atoms with Crippen LogP contribution in [-0.2, 0) is 16.1 Å². The van der Waals surface area contributed by atoms with Gasteiger partial charge in [0, 0.05) is 19.6 Å². The molecule has 0 saturated carbocycles. The summed E-state index contributed by atoms with van der Waals surface area (Å²) >= 11 is 0. The SMILES string of the molecule is Cl.O=C(C1COCCN1)N1CCn2c1nc1ccccc12. The molecule has 7 heteroatoms. The summed E-state index contributed by atoms with van der Waals surface area (Å²) < 4.78 is 7.48. The van der Waals surface area contributed by atoms with Gasteiger partial charge >= 0.3 is 0 Å². The van der Waals surface area contributed by atoms with E-state index in [1.54, 1.807) is 4.90 Å². The second kappa shape index (κ2) is 5.63. The molecule has 2 aliphatic rings. The molecule has 0 bridgehead atoms. The van der Waals surface area contributed by atoms with Crippen molar-refractivity contribution >= 4 is 35.3 Å². The third kappa shape index (κ3) is 2.29. The summed E-state index contributed by atoms with van der Waals surface area (Å²) in [6.45, 7) is 3.32. The summed E-state index contributed by atoms with van der Waals surface area (Å²) in [5.41, 5.74) is 2.03. The third-order valence-corrected chi connectivity index (χ3v) is 3.91. The van der Waals surface area contributed by atoms with Crippen LogP contribution in [0.2, 0.25) is 0 Å². The summed E-state index contributed by atoms with van der Waals surface area (Å²) in [4.78, 5) is 18.9. The number of aromatic nitrogens is 2. The molecule has 1 aromatic heterocycles. The number of ether oxygens (including phenoxy) is 1. The van der Waals surface area contributed by atoms with E-state index >= 15 is 0 Å². The van der Waals surface area contributed by atoms with E-state index in [-0.39, 0.29) is 24.4 Å². The number of rotatable bonds is 1. The molecule has 4 rings (SSSR count). The van der Waals surface area contributed by atoms with Crippen molar-refractivity contribution < 1.29 is 9.53 Å². The number of para-hydroxylation sites is 2. The zero-order valence-electron chi connectivity index (χ0n) is 11.5. The van der Waals surface area contributed by atoms with Crippen molar-refractivity contribution in [2.75, 3.05) is 31.2 Å². The highest BCUT2D eigenvalue weighted by atomic mass is 35.5. The largest absolute Gasteiger partial charge is 0.378 e. The predicted molar refractivity (Wildman–Crippen MR) is 81.9 cm³/mol. The van der Waals surface area contributed by atoms with E-state index in [1.807, 2.05) is 24.3 Å². The first-order chi connectivity index (χ1) is 9.84. The topological polar surface area (TPSA) is 59.4 Å². The van der Waals surface area contributed by atoms with Gasteiger partial charge in [-0.15, -0.1) is 12.4 Å². The second-order valence-corrected chi connectivity index (χ2v) is 5.12. The summed E-state index contributed by atoms with van der Waals surface area (Å²) in [5.74, 6) is 0.808. The number of benzene rings is 1. The Morgan fingerprint density at radius 2 is 2.19 bits per heavy atom. The Labute approximate surface area is 128 Å². The number of hydrogen-bond acceptors (Lipinski definition) is 4. The van der Waals surface area contributed by atoms with Crippen molar-refractivity contribution in [2.45, 2.75) is 12.6 Å². The Balaban J connectivity index is 0.00000132. The fourth-order valence-electron chi connectivity index (χ4n) is 2.91. The van der Waals surface area contributed by atoms with E-state index in [4.69, 9.17) is 4.74 Å². The number of imidazole rings is 1. The Morgan fingerprint density at radius 1 is 1.33 bits per heavy atom. The van der Waals surface area contributed by atoms with Crippen molar-refractivity contribution in [1.82, 2.24) is 14.9 Å². The minimum atomic E-state index is -0.255. The Kier molecular flexibility index (Phi) is 3.84. The highest BCUT2D eigenvalue weighted by molar-refractivity contribution is 5.98. The first-order valence-corrected chi connectivity index (χ1v) is 6.92. The maximum Gasteiger partial charge on any atom is 0.248 e. The Hall–Kier alpha value is -1.63. The van der Waals surface area contributed by atoms with Gasteiger partial charge in [0.1, 0.15) is 6.04 Å². The smallest absolute Gasteiger partial charge is 0.248 e. The first-order valence-electron chi connectivity index (χ1n) is 6.92. The molecule has 1 aromatic carbocycles. The fraction of sp³-hybridized carbons (Fsp3) is 0.429. The Bertz CT molecular complexity index is 666. The van der Waals surface area contributed by atoms with E-state index < -0.39 is 0 Å². The standard InChI is InChI=1S/C14H16N4O2.ClH/c19-13(11-9-20-8-5-15-11)18-7-6-17-12-4-2-1-3-10(12)16-14(17)18;/h1-4,11,15H,5-9H2;1H. The molecule has 1 fully saturated rings. The quantitative estimate of drug-likeness (QED) is 0.846. The van der Waals surface area contributed by atoms with Gasteiger partial charge in [-0.1, -0.05) is 12.1 Å². The number of halogens is 1. The molecule has 2 aliphatic heterocycles. The molecule has 112 valence electrons. The van der Waals surface area contributed by atoms with E-state index in [1.165, 1.54) is 0 Å². The molecule has 21 heavy (non-hydrogen) atoms. The molecular formula is C14H17ClN4O2. The van der Waals surface area contributed by atoms with Crippen LogP contribution in [0.3, 0.4) is 0 Å². The second-order valence-electron chi connectivity index (χ2n) is 5.12. The lowest BCUT2D eigenvalue weighted by Crippen LogP contribution is -2.52. The van der Waals surface area contributed by atoms with Crippen LogP contribution < -0.4 is 10.2 Å². The number of carbonyl (C=O) groups is 1. The summed E-state index contributed by atoms with van der Waals surface area (Å²) in [6, 6.07) is 7.73. The normalized spacial score (nSPS) is 21.1. The lowest BCUT2D eigenvalue weighted by molar-refractivity contribution is -0.123. The van der Waals surface area contributed by atoms with Crippen molar-refractivity contribution in [3.05, 3.63) is 24.3 Å². The van der Waals surface area contributed by atoms with Crippen LogP contribution in [0, 0.1) is 0 Å². The van der Waals surface area contributed by atoms with Gasteiger partial charge in [0.25, 0.3) is 0 Å². The predicted octanol–water partition coefficient (Wildman–Crippen LogP) is 0.793. The van der Waals surface area contributed by atoms with E-state index in [0.717, 1.165) is 30.1 Å². The van der Waals surface area contributed by atoms with Crippen LogP contribution in [0.15, 0.2) is 24.3 Å². The number of carbonyl (C=O) groups excluding carboxylic acids is 1. The van der Waals surface area contributed by atoms with Gasteiger partial charge in [-0.3, -0.25) is 9.69 Å². The van der Waals surface area contributed by atoms with Crippen LogP contribution >= 0.6 is 12.4 Å². The number of fused-ring (bicyclic) bond motifs is 3. The maximum atomic E-state index is 12.6. The van der Waals surface area contributed by atoms with Gasteiger partial charge in [0.2, 0.25) is 11.9 Å². The highest BCUT2D eigenvalue weighted by Crippen LogP contribution is 2.27. The molecule has 1 unspecified atom stereocenters. The summed E-state index contributed by atoms with van der Waals surface area (Å²) in [5, 5.41) is 3.21. The van der Waals surface area contributed by atoms with E-state index in [2.05, 4.69) is 14.9 Å². The minimum Gasteiger partial charge on any atom is -0.378 e. The number of anilines is 1. The van der Waals surface area contributed by atoms with E-state index in [0.29, 0.717) is 19.8 Å². The van der Waals surface area contributed by atoms with Crippen LogP contribution in [0.25, 0.3) is 11.0 Å². The maximum absolute atomic E-state index is 12.6. The molecule has 2 aromatic rings. The monoisotopic (exact) mass is 308 g/mol. The molecule has 1 atom stereocenters. The van der Waals surface area contributed by atoms with Crippen LogP contribution in [0.5, 0.6) is 0 Å². The van der Waals surface area contributed by atoms with Crippen molar-refractivity contribution in [3.63, 3.8) is 0 Å². The van der Waals surface area contributed by atoms with Crippen LogP contribution in [0.1, 0.15) is 0 Å². The molecule has 1 saturated heterocycles. The van der Waals surface area contributed by atoms with Gasteiger partial charge in [-0.05, 0) is 12.1 Å². The minimum absolute atomic E-state index is 0. The zero-order valence-corrected chi connectivity index (χ0v) is 12.3. The number of hydrogen-bond donors (Lipinski definition) is 1. The molecule has 0 radical (unpaired) electrons. The zero-order chi connectivity index (χ0) is 13.5. The van der Waals surface area contributed by atoms with Crippen LogP contribution in [0.4, 0.5) is 5.95 Å². The molecular weight excluding hydrogens is 292 g/mol. The molecule has 0 spiro atoms. The van der Waals surface area contributed by atoms with Gasteiger partial charge in [0.15, 0.2) is 0 Å². The fourth-order valence-corrected chi connectivity index (χ4v) is 2.91. The van der Waals surface area contributed by atoms with E-state index in [9.17, 15) is 4.79 Å². The lowest BCUT2D eigenvalue weighted by atomic mass is 10.2. The molecule has 0 aliphatic carbocycles. The molecule has 3 heterocycles. The Morgan fingerprint density at radius 3 is 3.00 bits per heavy atom.